The Labute approximate surface area is 195 Å². The van der Waals surface area contributed by atoms with E-state index < -0.39 is 0 Å². The van der Waals surface area contributed by atoms with Crippen LogP contribution in [-0.4, -0.2) is 31.3 Å². The smallest absolute Gasteiger partial charge is 0.212 e. The first-order chi connectivity index (χ1) is 16.3. The second-order valence-electron chi connectivity index (χ2n) is 8.10. The number of nitrogens with two attached hydrogens (primary N) is 1. The fraction of sp³-hybridized carbons (Fsp3) is 0.115. The zero-order valence-corrected chi connectivity index (χ0v) is 18.7. The van der Waals surface area contributed by atoms with E-state index in [-0.39, 0.29) is 6.04 Å². The van der Waals surface area contributed by atoms with E-state index in [1.807, 2.05) is 29.1 Å². The summed E-state index contributed by atoms with van der Waals surface area (Å²) in [5, 5.41) is 15.6. The molecule has 2 aromatic heterocycles. The van der Waals surface area contributed by atoms with Gasteiger partial charge in [0.2, 0.25) is 5.16 Å². The molecule has 1 aliphatic heterocycles. The van der Waals surface area contributed by atoms with Crippen LogP contribution < -0.4 is 5.73 Å². The van der Waals surface area contributed by atoms with Crippen molar-refractivity contribution in [3.8, 4) is 11.1 Å². The van der Waals surface area contributed by atoms with Gasteiger partial charge in [-0.05, 0) is 34.7 Å². The van der Waals surface area contributed by atoms with Gasteiger partial charge in [-0.1, -0.05) is 84.6 Å². The van der Waals surface area contributed by atoms with Gasteiger partial charge in [-0.3, -0.25) is 0 Å². The first kappa shape index (κ1) is 20.0. The van der Waals surface area contributed by atoms with Gasteiger partial charge in [-0.25, -0.2) is 0 Å². The molecule has 0 amide bonds. The fourth-order valence-corrected chi connectivity index (χ4v) is 5.08. The number of hydrogen-bond donors (Lipinski definition) is 2. The van der Waals surface area contributed by atoms with Crippen LogP contribution in [0.5, 0.6) is 0 Å². The Morgan fingerprint density at radius 1 is 0.879 bits per heavy atom. The minimum absolute atomic E-state index is 0.311. The van der Waals surface area contributed by atoms with Crippen molar-refractivity contribution in [1.82, 2.24) is 19.9 Å². The van der Waals surface area contributed by atoms with E-state index in [1.54, 1.807) is 11.8 Å². The second kappa shape index (κ2) is 8.35. The van der Waals surface area contributed by atoms with Crippen molar-refractivity contribution in [2.45, 2.75) is 17.6 Å². The van der Waals surface area contributed by atoms with Gasteiger partial charge in [0, 0.05) is 22.9 Å². The van der Waals surface area contributed by atoms with Crippen LogP contribution in [0.2, 0.25) is 0 Å². The van der Waals surface area contributed by atoms with Gasteiger partial charge in [0.1, 0.15) is 0 Å². The summed E-state index contributed by atoms with van der Waals surface area (Å²) in [6, 6.07) is 26.9. The lowest BCUT2D eigenvalue weighted by atomic mass is 10.0. The molecule has 3 N–H and O–H groups in total. The molecular formula is C26H22N6S. The van der Waals surface area contributed by atoms with Crippen molar-refractivity contribution < 1.29 is 0 Å². The fourth-order valence-electron chi connectivity index (χ4n) is 4.23. The summed E-state index contributed by atoms with van der Waals surface area (Å²) in [7, 11) is 0. The quantitative estimate of drug-likeness (QED) is 0.393. The Balaban J connectivity index is 1.28. The van der Waals surface area contributed by atoms with E-state index in [0.717, 1.165) is 27.7 Å². The van der Waals surface area contributed by atoms with Crippen LogP contribution in [0.1, 0.15) is 23.0 Å². The average Bonchev–Trinajstić information content (AvgIpc) is 3.49. The number of fused-ring (bicyclic) bond motifs is 2. The number of aromatic nitrogens is 4. The summed E-state index contributed by atoms with van der Waals surface area (Å²) in [6.07, 6.45) is 2.68. The average molecular weight is 451 g/mol. The molecule has 5 aromatic rings. The maximum atomic E-state index is 6.60. The predicted molar refractivity (Wildman–Crippen MR) is 133 cm³/mol. The molecule has 0 saturated carbocycles. The maximum Gasteiger partial charge on any atom is 0.212 e. The topological polar surface area (TPSA) is 84.9 Å². The number of para-hydroxylation sites is 1. The highest BCUT2D eigenvalue weighted by molar-refractivity contribution is 7.99. The van der Waals surface area contributed by atoms with E-state index in [2.05, 4.69) is 75.8 Å². The van der Waals surface area contributed by atoms with Crippen molar-refractivity contribution in [3.05, 3.63) is 102 Å². The van der Waals surface area contributed by atoms with Crippen molar-refractivity contribution >= 4 is 28.4 Å². The minimum atomic E-state index is -0.311. The van der Waals surface area contributed by atoms with Gasteiger partial charge in [-0.15, -0.1) is 10.2 Å². The summed E-state index contributed by atoms with van der Waals surface area (Å²) < 4.78 is 1.81. The highest BCUT2D eigenvalue weighted by Gasteiger charge is 2.24. The molecule has 33 heavy (non-hydrogen) atoms. The number of aromatic amines is 1. The van der Waals surface area contributed by atoms with Crippen molar-refractivity contribution in [2.24, 2.45) is 10.8 Å². The first-order valence-corrected chi connectivity index (χ1v) is 11.9. The molecule has 6 rings (SSSR count). The molecule has 162 valence electrons. The van der Waals surface area contributed by atoms with Crippen LogP contribution >= 0.6 is 11.8 Å². The molecule has 0 saturated heterocycles. The van der Waals surface area contributed by atoms with Gasteiger partial charge in [0.25, 0.3) is 0 Å². The highest BCUT2D eigenvalue weighted by atomic mass is 32.2. The molecule has 7 heteroatoms. The lowest BCUT2D eigenvalue weighted by Crippen LogP contribution is -2.21. The van der Waals surface area contributed by atoms with E-state index in [1.165, 1.54) is 22.1 Å². The van der Waals surface area contributed by atoms with Crippen molar-refractivity contribution in [3.63, 3.8) is 0 Å². The van der Waals surface area contributed by atoms with Crippen LogP contribution in [0.25, 0.3) is 22.0 Å². The molecule has 0 radical (unpaired) electrons. The normalized spacial score (nSPS) is 14.2. The van der Waals surface area contributed by atoms with Gasteiger partial charge in [0.15, 0.2) is 5.82 Å². The molecule has 6 nitrogen and oxygen atoms in total. The van der Waals surface area contributed by atoms with E-state index in [0.29, 0.717) is 12.2 Å². The third kappa shape index (κ3) is 3.75. The van der Waals surface area contributed by atoms with Gasteiger partial charge in [0.05, 0.1) is 11.8 Å². The summed E-state index contributed by atoms with van der Waals surface area (Å²) in [5.74, 6) is 1.43. The third-order valence-corrected chi connectivity index (χ3v) is 6.90. The Kier molecular flexibility index (Phi) is 5.05. The SMILES string of the molecule is NC(Cc1c[nH]c2ccccc12)c1nnc2n1N=C(c1ccc(-c3ccccc3)cc1)CS2. The number of benzene rings is 3. The van der Waals surface area contributed by atoms with Crippen LogP contribution in [-0.2, 0) is 6.42 Å². The molecule has 1 atom stereocenters. The number of hydrogen-bond acceptors (Lipinski definition) is 5. The summed E-state index contributed by atoms with van der Waals surface area (Å²) in [6.45, 7) is 0. The monoisotopic (exact) mass is 450 g/mol. The Morgan fingerprint density at radius 2 is 1.61 bits per heavy atom. The van der Waals surface area contributed by atoms with Crippen molar-refractivity contribution in [1.29, 1.82) is 0 Å². The minimum Gasteiger partial charge on any atom is -0.361 e. The van der Waals surface area contributed by atoms with Gasteiger partial charge in [-0.2, -0.15) is 9.78 Å². The molecular weight excluding hydrogens is 428 g/mol. The number of nitrogens with one attached hydrogen (secondary N) is 1. The molecule has 1 aliphatic rings. The maximum absolute atomic E-state index is 6.60. The second-order valence-corrected chi connectivity index (χ2v) is 9.04. The molecule has 3 aromatic carbocycles. The molecule has 3 heterocycles. The number of nitrogens with zero attached hydrogens (tertiary/aromatic N) is 4. The Bertz CT molecular complexity index is 1450. The first-order valence-electron chi connectivity index (χ1n) is 10.9. The summed E-state index contributed by atoms with van der Waals surface area (Å²) in [5.41, 5.74) is 13.4. The van der Waals surface area contributed by atoms with Crippen LogP contribution in [0.15, 0.2) is 95.3 Å². The van der Waals surface area contributed by atoms with Crippen LogP contribution in [0.3, 0.4) is 0 Å². The lowest BCUT2D eigenvalue weighted by molar-refractivity contribution is 0.608. The zero-order chi connectivity index (χ0) is 22.2. The van der Waals surface area contributed by atoms with E-state index in [9.17, 15) is 0 Å². The molecule has 0 fully saturated rings. The van der Waals surface area contributed by atoms with Crippen LogP contribution in [0, 0.1) is 0 Å². The van der Waals surface area contributed by atoms with E-state index in [4.69, 9.17) is 10.8 Å². The zero-order valence-electron chi connectivity index (χ0n) is 17.8. The van der Waals surface area contributed by atoms with Crippen LogP contribution in [0.4, 0.5) is 0 Å². The highest BCUT2D eigenvalue weighted by Crippen LogP contribution is 2.29. The van der Waals surface area contributed by atoms with Crippen molar-refractivity contribution in [2.75, 3.05) is 5.75 Å². The molecule has 1 unspecified atom stereocenters. The van der Waals surface area contributed by atoms with Gasteiger partial charge >= 0.3 is 0 Å². The molecule has 0 bridgehead atoms. The standard InChI is InChI=1S/C26H22N6S/c27-22(14-20-15-28-23-9-5-4-8-21(20)23)25-29-30-26-32(25)31-24(16-33-26)19-12-10-18(11-13-19)17-6-2-1-3-7-17/h1-13,15,22,28H,14,16,27H2. The molecule has 0 spiro atoms. The predicted octanol–water partition coefficient (Wildman–Crippen LogP) is 5.03. The molecule has 0 aliphatic carbocycles. The largest absolute Gasteiger partial charge is 0.361 e. The Hall–Kier alpha value is -3.68. The summed E-state index contributed by atoms with van der Waals surface area (Å²) >= 11 is 1.64. The van der Waals surface area contributed by atoms with E-state index >= 15 is 0 Å². The Morgan fingerprint density at radius 3 is 2.45 bits per heavy atom. The van der Waals surface area contributed by atoms with Gasteiger partial charge < -0.3 is 10.7 Å². The number of thioether (sulfide) groups is 1. The number of rotatable bonds is 5. The lowest BCUT2D eigenvalue weighted by Gasteiger charge is -2.16. The number of H-pyrrole nitrogens is 1. The summed E-state index contributed by atoms with van der Waals surface area (Å²) in [4.78, 5) is 3.32. The third-order valence-electron chi connectivity index (χ3n) is 5.97.